The van der Waals surface area contributed by atoms with Crippen LogP contribution in [0.2, 0.25) is 0 Å². The zero-order chi connectivity index (χ0) is 19.3. The lowest BCUT2D eigenvalue weighted by atomic mass is 9.84. The largest absolute Gasteiger partial charge is 0.491 e. The number of aliphatic hydroxyl groups excluding tert-OH is 1. The van der Waals surface area contributed by atoms with Crippen molar-refractivity contribution >= 4 is 11.9 Å². The van der Waals surface area contributed by atoms with E-state index in [9.17, 15) is 14.7 Å². The summed E-state index contributed by atoms with van der Waals surface area (Å²) in [5.41, 5.74) is 0.385. The number of β-amino-alcohol motifs (C(OH)–C–C–N with tert-alkyl or cyclic N) is 1. The Balaban J connectivity index is 1.57. The Bertz CT molecular complexity index is 668. The molecule has 2 N–H and O–H groups in total. The summed E-state index contributed by atoms with van der Waals surface area (Å²) in [7, 11) is 0. The Kier molecular flexibility index (Phi) is 6.37. The Hall–Kier alpha value is -2.08. The third kappa shape index (κ3) is 4.61. The summed E-state index contributed by atoms with van der Waals surface area (Å²) in [5.74, 6) is 0.489. The van der Waals surface area contributed by atoms with Crippen molar-refractivity contribution in [3.8, 4) is 5.75 Å². The lowest BCUT2D eigenvalue weighted by Crippen LogP contribution is -2.48. The first kappa shape index (κ1) is 19.7. The Morgan fingerprint density at radius 1 is 1.19 bits per heavy atom. The Labute approximate surface area is 160 Å². The average molecular weight is 374 g/mol. The number of hydrogen-bond acceptors (Lipinski definition) is 4. The van der Waals surface area contributed by atoms with Crippen LogP contribution in [0.4, 0.5) is 4.79 Å². The molecule has 1 unspecified atom stereocenters. The zero-order valence-corrected chi connectivity index (χ0v) is 16.1. The number of hydrogen-bond donors (Lipinski definition) is 2. The number of urea groups is 1. The van der Waals surface area contributed by atoms with Crippen molar-refractivity contribution in [3.63, 3.8) is 0 Å². The van der Waals surface area contributed by atoms with Crippen LogP contribution in [0.15, 0.2) is 24.3 Å². The molecule has 0 bridgehead atoms. The standard InChI is InChI=1S/C21H30N2O4/c1-2-16-9-8-10-18(13-16)27-15-17(24)14-23-19(25)21(22-20(23)26)11-6-4-3-5-7-12-21/h8-10,13,17,24H,2-7,11-12,14-15H2,1H3,(H,22,26). The van der Waals surface area contributed by atoms with Crippen LogP contribution in [-0.2, 0) is 11.2 Å². The van der Waals surface area contributed by atoms with Gasteiger partial charge in [0.25, 0.3) is 5.91 Å². The summed E-state index contributed by atoms with van der Waals surface area (Å²) >= 11 is 0. The molecule has 6 heteroatoms. The molecule has 1 aliphatic carbocycles. The quantitative estimate of drug-likeness (QED) is 0.750. The predicted molar refractivity (Wildman–Crippen MR) is 103 cm³/mol. The van der Waals surface area contributed by atoms with Crippen molar-refractivity contribution in [1.82, 2.24) is 10.2 Å². The Morgan fingerprint density at radius 2 is 1.89 bits per heavy atom. The molecule has 3 rings (SSSR count). The second-order valence-electron chi connectivity index (χ2n) is 7.66. The lowest BCUT2D eigenvalue weighted by Gasteiger charge is -2.28. The van der Waals surface area contributed by atoms with Gasteiger partial charge in [0.15, 0.2) is 0 Å². The maximum Gasteiger partial charge on any atom is 0.325 e. The summed E-state index contributed by atoms with van der Waals surface area (Å²) in [4.78, 5) is 26.5. The SMILES string of the molecule is CCc1cccc(OCC(O)CN2C(=O)NC3(CCCCCCC3)C2=O)c1. The molecule has 148 valence electrons. The number of imide groups is 1. The third-order valence-corrected chi connectivity index (χ3v) is 5.60. The van der Waals surface area contributed by atoms with Crippen molar-refractivity contribution in [3.05, 3.63) is 29.8 Å². The normalized spacial score (nSPS) is 20.9. The van der Waals surface area contributed by atoms with Gasteiger partial charge in [-0.3, -0.25) is 9.69 Å². The minimum atomic E-state index is -0.923. The number of aryl methyl sites for hydroxylation is 1. The summed E-state index contributed by atoms with van der Waals surface area (Å²) < 4.78 is 5.64. The molecule has 1 saturated carbocycles. The van der Waals surface area contributed by atoms with Gasteiger partial charge in [0, 0.05) is 0 Å². The highest BCUT2D eigenvalue weighted by molar-refractivity contribution is 6.07. The van der Waals surface area contributed by atoms with Gasteiger partial charge in [-0.15, -0.1) is 0 Å². The number of ether oxygens (including phenoxy) is 1. The van der Waals surface area contributed by atoms with Crippen LogP contribution in [-0.4, -0.2) is 46.7 Å². The predicted octanol–water partition coefficient (Wildman–Crippen LogP) is 3.02. The van der Waals surface area contributed by atoms with Crippen LogP contribution in [0.25, 0.3) is 0 Å². The van der Waals surface area contributed by atoms with Crippen molar-refractivity contribution in [2.45, 2.75) is 69.9 Å². The molecule has 1 saturated heterocycles. The molecule has 1 aliphatic heterocycles. The minimum absolute atomic E-state index is 0.0389. The highest BCUT2D eigenvalue weighted by atomic mass is 16.5. The molecule has 1 heterocycles. The van der Waals surface area contributed by atoms with Crippen LogP contribution >= 0.6 is 0 Å². The molecule has 1 aromatic carbocycles. The van der Waals surface area contributed by atoms with Gasteiger partial charge in [0.05, 0.1) is 6.54 Å². The van der Waals surface area contributed by atoms with E-state index in [1.165, 1.54) is 6.42 Å². The molecule has 1 atom stereocenters. The number of nitrogens with zero attached hydrogens (tertiary/aromatic N) is 1. The minimum Gasteiger partial charge on any atom is -0.491 e. The van der Waals surface area contributed by atoms with E-state index in [-0.39, 0.29) is 19.1 Å². The van der Waals surface area contributed by atoms with E-state index < -0.39 is 17.7 Å². The fraction of sp³-hybridized carbons (Fsp3) is 0.619. The van der Waals surface area contributed by atoms with Gasteiger partial charge in [-0.2, -0.15) is 0 Å². The van der Waals surface area contributed by atoms with E-state index in [0.29, 0.717) is 18.6 Å². The van der Waals surface area contributed by atoms with Gasteiger partial charge in [-0.05, 0) is 37.0 Å². The molecule has 6 nitrogen and oxygen atoms in total. The molecular formula is C21H30N2O4. The van der Waals surface area contributed by atoms with Crippen molar-refractivity contribution in [2.24, 2.45) is 0 Å². The summed E-state index contributed by atoms with van der Waals surface area (Å²) in [6, 6.07) is 7.31. The number of benzene rings is 1. The van der Waals surface area contributed by atoms with Crippen LogP contribution in [0.5, 0.6) is 5.75 Å². The van der Waals surface area contributed by atoms with Gasteiger partial charge in [0.1, 0.15) is 24.0 Å². The first-order valence-corrected chi connectivity index (χ1v) is 10.1. The molecule has 0 aromatic heterocycles. The van der Waals surface area contributed by atoms with Gasteiger partial charge in [0.2, 0.25) is 0 Å². The zero-order valence-electron chi connectivity index (χ0n) is 16.1. The highest BCUT2D eigenvalue weighted by Gasteiger charge is 2.50. The first-order valence-electron chi connectivity index (χ1n) is 10.1. The number of aliphatic hydroxyl groups is 1. The van der Waals surface area contributed by atoms with Crippen LogP contribution in [0, 0.1) is 0 Å². The maximum atomic E-state index is 12.9. The monoisotopic (exact) mass is 374 g/mol. The molecule has 2 aliphatic rings. The van der Waals surface area contributed by atoms with Crippen LogP contribution < -0.4 is 10.1 Å². The fourth-order valence-corrected chi connectivity index (χ4v) is 4.00. The van der Waals surface area contributed by atoms with E-state index in [1.807, 2.05) is 24.3 Å². The highest BCUT2D eigenvalue weighted by Crippen LogP contribution is 2.32. The number of amides is 3. The van der Waals surface area contributed by atoms with E-state index in [4.69, 9.17) is 4.74 Å². The summed E-state index contributed by atoms with van der Waals surface area (Å²) in [6.07, 6.45) is 6.62. The van der Waals surface area contributed by atoms with Gasteiger partial charge in [-0.25, -0.2) is 4.79 Å². The Morgan fingerprint density at radius 3 is 2.59 bits per heavy atom. The molecule has 27 heavy (non-hydrogen) atoms. The van der Waals surface area contributed by atoms with Gasteiger partial charge in [-0.1, -0.05) is 51.2 Å². The number of carbonyl (C=O) groups excluding carboxylic acids is 2. The second kappa shape index (κ2) is 8.74. The van der Waals surface area contributed by atoms with Gasteiger partial charge >= 0.3 is 6.03 Å². The fourth-order valence-electron chi connectivity index (χ4n) is 4.00. The van der Waals surface area contributed by atoms with E-state index in [1.54, 1.807) is 0 Å². The van der Waals surface area contributed by atoms with Crippen LogP contribution in [0.3, 0.4) is 0 Å². The second-order valence-corrected chi connectivity index (χ2v) is 7.66. The van der Waals surface area contributed by atoms with Crippen LogP contribution in [0.1, 0.15) is 57.4 Å². The van der Waals surface area contributed by atoms with E-state index >= 15 is 0 Å². The lowest BCUT2D eigenvalue weighted by molar-refractivity contribution is -0.133. The first-order chi connectivity index (χ1) is 13.0. The third-order valence-electron chi connectivity index (χ3n) is 5.60. The summed E-state index contributed by atoms with van der Waals surface area (Å²) in [6.45, 7) is 2.06. The molecular weight excluding hydrogens is 344 g/mol. The molecule has 1 aromatic rings. The number of carbonyl (C=O) groups is 2. The van der Waals surface area contributed by atoms with Crippen molar-refractivity contribution < 1.29 is 19.4 Å². The van der Waals surface area contributed by atoms with Crippen molar-refractivity contribution in [2.75, 3.05) is 13.2 Å². The molecule has 1 spiro atoms. The smallest absolute Gasteiger partial charge is 0.325 e. The molecule has 3 amide bonds. The van der Waals surface area contributed by atoms with E-state index in [2.05, 4.69) is 12.2 Å². The number of nitrogens with one attached hydrogen (secondary N) is 1. The number of rotatable bonds is 6. The molecule has 0 radical (unpaired) electrons. The summed E-state index contributed by atoms with van der Waals surface area (Å²) in [5, 5.41) is 13.2. The van der Waals surface area contributed by atoms with Gasteiger partial charge < -0.3 is 15.2 Å². The van der Waals surface area contributed by atoms with E-state index in [0.717, 1.165) is 42.6 Å². The topological polar surface area (TPSA) is 78.9 Å². The molecule has 2 fully saturated rings. The van der Waals surface area contributed by atoms with Crippen molar-refractivity contribution in [1.29, 1.82) is 0 Å². The average Bonchev–Trinajstić information content (AvgIpc) is 2.88. The maximum absolute atomic E-state index is 12.9.